The van der Waals surface area contributed by atoms with Crippen molar-refractivity contribution in [1.29, 1.82) is 0 Å². The average molecular weight is 561 g/mol. The molecule has 0 aromatic heterocycles. The number of anilines is 1. The van der Waals surface area contributed by atoms with Crippen molar-refractivity contribution >= 4 is 37.9 Å². The van der Waals surface area contributed by atoms with Crippen LogP contribution in [0.25, 0.3) is 11.1 Å². The lowest BCUT2D eigenvalue weighted by Gasteiger charge is -2.26. The number of fused-ring (bicyclic) bond motifs is 1. The number of benzene rings is 3. The standard InChI is InChI=1S/C25H25NO10P2/c27-17-8-6-15(7-9-17)19-14-36-22-13-21(28)20(12-18(22)25(19)16-4-2-1-3-5-16)26-23(29)10-11-24(37(30,31)32)38(33,34)35/h1-9,12-13,24,27-28H,10-11,14H2,(H,26,29)(H2,30,31,32)(H2,33,34,35). The second kappa shape index (κ2) is 10.7. The van der Waals surface area contributed by atoms with Gasteiger partial charge in [0, 0.05) is 23.6 Å². The molecular formula is C25H25NO10P2. The van der Waals surface area contributed by atoms with Gasteiger partial charge in [0.2, 0.25) is 5.91 Å². The van der Waals surface area contributed by atoms with E-state index in [-0.39, 0.29) is 23.8 Å². The first kappa shape index (κ1) is 27.6. The number of carbonyl (C=O) groups excluding carboxylic acids is 1. The molecule has 0 unspecified atom stereocenters. The van der Waals surface area contributed by atoms with Gasteiger partial charge in [0.15, 0.2) is 5.40 Å². The van der Waals surface area contributed by atoms with E-state index in [2.05, 4.69) is 5.32 Å². The Balaban J connectivity index is 1.70. The van der Waals surface area contributed by atoms with Crippen LogP contribution in [0.4, 0.5) is 5.69 Å². The number of amides is 1. The molecule has 0 atom stereocenters. The Morgan fingerprint density at radius 3 is 2.13 bits per heavy atom. The zero-order chi connectivity index (χ0) is 27.7. The SMILES string of the molecule is O=C(CCC(P(=O)(O)O)P(=O)(O)O)Nc1cc2c(cc1O)OCC(c1ccc(O)cc1)=C2c1ccccc1. The quantitative estimate of drug-likeness (QED) is 0.157. The number of phenolic OH excluding ortho intramolecular Hbond substituents is 2. The average Bonchev–Trinajstić information content (AvgIpc) is 2.83. The van der Waals surface area contributed by atoms with Crippen LogP contribution in [0.1, 0.15) is 29.5 Å². The van der Waals surface area contributed by atoms with Crippen LogP contribution >= 0.6 is 15.2 Å². The number of phenols is 2. The number of hydrogen-bond donors (Lipinski definition) is 7. The first-order valence-electron chi connectivity index (χ1n) is 11.3. The fourth-order valence-electron chi connectivity index (χ4n) is 4.20. The lowest BCUT2D eigenvalue weighted by molar-refractivity contribution is -0.116. The predicted molar refractivity (Wildman–Crippen MR) is 140 cm³/mol. The first-order valence-corrected chi connectivity index (χ1v) is 14.7. The molecule has 13 heteroatoms. The first-order chi connectivity index (χ1) is 17.8. The minimum atomic E-state index is -5.17. The molecule has 0 fully saturated rings. The Morgan fingerprint density at radius 2 is 1.53 bits per heavy atom. The molecule has 1 aliphatic heterocycles. The molecule has 3 aromatic rings. The van der Waals surface area contributed by atoms with Gasteiger partial charge in [-0.3, -0.25) is 13.9 Å². The lowest BCUT2D eigenvalue weighted by Crippen LogP contribution is -2.17. The fourth-order valence-corrected chi connectivity index (χ4v) is 6.70. The van der Waals surface area contributed by atoms with E-state index in [1.165, 1.54) is 12.1 Å². The number of rotatable bonds is 8. The molecule has 38 heavy (non-hydrogen) atoms. The van der Waals surface area contributed by atoms with E-state index >= 15 is 0 Å². The van der Waals surface area contributed by atoms with Crippen molar-refractivity contribution in [2.24, 2.45) is 0 Å². The van der Waals surface area contributed by atoms with E-state index in [1.807, 2.05) is 30.3 Å². The molecule has 0 saturated heterocycles. The van der Waals surface area contributed by atoms with Crippen molar-refractivity contribution in [2.45, 2.75) is 18.2 Å². The van der Waals surface area contributed by atoms with E-state index in [1.54, 1.807) is 24.3 Å². The molecule has 0 radical (unpaired) electrons. The molecule has 200 valence electrons. The Kier molecular flexibility index (Phi) is 7.80. The maximum absolute atomic E-state index is 12.6. The van der Waals surface area contributed by atoms with Crippen LogP contribution in [0.5, 0.6) is 17.2 Å². The van der Waals surface area contributed by atoms with Gasteiger partial charge >= 0.3 is 15.2 Å². The molecule has 3 aromatic carbocycles. The number of hydrogen-bond acceptors (Lipinski definition) is 6. The molecule has 1 heterocycles. The topological polar surface area (TPSA) is 194 Å². The second-order valence-electron chi connectivity index (χ2n) is 8.67. The van der Waals surface area contributed by atoms with Gasteiger partial charge < -0.3 is 39.8 Å². The van der Waals surface area contributed by atoms with Gasteiger partial charge in [-0.25, -0.2) is 0 Å². The van der Waals surface area contributed by atoms with E-state index in [4.69, 9.17) is 4.74 Å². The van der Waals surface area contributed by atoms with Crippen LogP contribution in [-0.2, 0) is 13.9 Å². The van der Waals surface area contributed by atoms with Crippen molar-refractivity contribution in [2.75, 3.05) is 11.9 Å². The number of carbonyl (C=O) groups is 1. The molecule has 0 bridgehead atoms. The van der Waals surface area contributed by atoms with Crippen molar-refractivity contribution in [1.82, 2.24) is 0 Å². The fraction of sp³-hybridized carbons (Fsp3) is 0.160. The molecule has 11 nitrogen and oxygen atoms in total. The molecule has 7 N–H and O–H groups in total. The Hall–Kier alpha value is -3.43. The predicted octanol–water partition coefficient (Wildman–Crippen LogP) is 3.85. The molecule has 1 amide bonds. The number of aromatic hydroxyl groups is 2. The van der Waals surface area contributed by atoms with Crippen LogP contribution in [0.15, 0.2) is 66.7 Å². The van der Waals surface area contributed by atoms with Crippen molar-refractivity contribution in [3.63, 3.8) is 0 Å². The summed E-state index contributed by atoms with van der Waals surface area (Å²) in [4.78, 5) is 49.7. The molecule has 0 saturated carbocycles. The Bertz CT molecular complexity index is 1450. The summed E-state index contributed by atoms with van der Waals surface area (Å²) < 4.78 is 28.9. The van der Waals surface area contributed by atoms with E-state index in [0.29, 0.717) is 11.3 Å². The zero-order valence-corrected chi connectivity index (χ0v) is 21.5. The summed E-state index contributed by atoms with van der Waals surface area (Å²) in [6.45, 7) is 0.166. The van der Waals surface area contributed by atoms with Gasteiger partial charge in [0.1, 0.15) is 23.9 Å². The zero-order valence-electron chi connectivity index (χ0n) is 19.8. The highest BCUT2D eigenvalue weighted by atomic mass is 31.2. The lowest BCUT2D eigenvalue weighted by atomic mass is 9.87. The molecule has 0 aliphatic carbocycles. The Morgan fingerprint density at radius 1 is 0.895 bits per heavy atom. The van der Waals surface area contributed by atoms with Crippen LogP contribution in [0.3, 0.4) is 0 Å². The maximum Gasteiger partial charge on any atom is 0.340 e. The van der Waals surface area contributed by atoms with Gasteiger partial charge in [0.05, 0.1) is 5.69 Å². The summed E-state index contributed by atoms with van der Waals surface area (Å²) >= 11 is 0. The maximum atomic E-state index is 12.6. The smallest absolute Gasteiger partial charge is 0.340 e. The van der Waals surface area contributed by atoms with Gasteiger partial charge in [-0.05, 0) is 41.3 Å². The van der Waals surface area contributed by atoms with Crippen molar-refractivity contribution < 1.29 is 48.4 Å². The number of ether oxygens (including phenoxy) is 1. The van der Waals surface area contributed by atoms with E-state index < -0.39 is 39.3 Å². The summed E-state index contributed by atoms with van der Waals surface area (Å²) in [5, 5.41) is 20.4. The summed E-state index contributed by atoms with van der Waals surface area (Å²) in [6.07, 6.45) is -1.39. The summed E-state index contributed by atoms with van der Waals surface area (Å²) in [7, 11) is -10.3. The molecule has 1 aliphatic rings. The van der Waals surface area contributed by atoms with E-state index in [9.17, 15) is 43.7 Å². The Labute approximate surface area is 217 Å². The third-order valence-corrected chi connectivity index (χ3v) is 9.87. The van der Waals surface area contributed by atoms with Crippen LogP contribution in [0.2, 0.25) is 0 Å². The highest BCUT2D eigenvalue weighted by Gasteiger charge is 2.43. The largest absolute Gasteiger partial charge is 0.508 e. The van der Waals surface area contributed by atoms with Gasteiger partial charge in [-0.15, -0.1) is 0 Å². The van der Waals surface area contributed by atoms with Gasteiger partial charge in [0.25, 0.3) is 0 Å². The van der Waals surface area contributed by atoms with Crippen LogP contribution in [-0.4, -0.2) is 47.7 Å². The van der Waals surface area contributed by atoms with Gasteiger partial charge in [-0.1, -0.05) is 42.5 Å². The third kappa shape index (κ3) is 6.16. The van der Waals surface area contributed by atoms with Crippen LogP contribution in [0, 0.1) is 0 Å². The molecular weight excluding hydrogens is 536 g/mol. The summed E-state index contributed by atoms with van der Waals surface area (Å²) in [6, 6.07) is 18.7. The third-order valence-electron chi connectivity index (χ3n) is 6.00. The molecule has 4 rings (SSSR count). The highest BCUT2D eigenvalue weighted by Crippen LogP contribution is 2.61. The van der Waals surface area contributed by atoms with Gasteiger partial charge in [-0.2, -0.15) is 0 Å². The monoisotopic (exact) mass is 561 g/mol. The summed E-state index contributed by atoms with van der Waals surface area (Å²) in [5.74, 6) is -0.695. The minimum absolute atomic E-state index is 0.0263. The van der Waals surface area contributed by atoms with Crippen LogP contribution < -0.4 is 10.1 Å². The number of nitrogens with one attached hydrogen (secondary N) is 1. The second-order valence-corrected chi connectivity index (χ2v) is 12.7. The van der Waals surface area contributed by atoms with E-state index in [0.717, 1.165) is 22.3 Å². The normalized spacial score (nSPS) is 13.7. The van der Waals surface area contributed by atoms with Crippen molar-refractivity contribution in [3.05, 3.63) is 83.4 Å². The minimum Gasteiger partial charge on any atom is -0.508 e. The summed E-state index contributed by atoms with van der Waals surface area (Å²) in [5.41, 5.74) is 3.68. The molecule has 0 spiro atoms. The van der Waals surface area contributed by atoms with Crippen molar-refractivity contribution in [3.8, 4) is 17.2 Å². The highest BCUT2D eigenvalue weighted by molar-refractivity contribution is 7.70.